The first-order valence-corrected chi connectivity index (χ1v) is 12.9. The van der Waals surface area contributed by atoms with Crippen molar-refractivity contribution >= 4 is 33.8 Å². The quantitative estimate of drug-likeness (QED) is 0.403. The zero-order valence-electron chi connectivity index (χ0n) is 19.9. The molecule has 5 aromatic rings. The Morgan fingerprint density at radius 3 is 2.83 bits per heavy atom. The lowest BCUT2D eigenvalue weighted by Gasteiger charge is -2.30. The molecule has 1 aliphatic heterocycles. The predicted molar refractivity (Wildman–Crippen MR) is 140 cm³/mol. The van der Waals surface area contributed by atoms with E-state index in [0.717, 1.165) is 58.3 Å². The van der Waals surface area contributed by atoms with Crippen LogP contribution in [0.4, 0.5) is 0 Å². The first kappa shape index (κ1) is 22.0. The molecule has 4 aromatic heterocycles. The molecule has 178 valence electrons. The van der Waals surface area contributed by atoms with Crippen molar-refractivity contribution in [1.29, 1.82) is 0 Å². The van der Waals surface area contributed by atoms with Gasteiger partial charge in [-0.2, -0.15) is 0 Å². The molecular weight excluding hydrogens is 456 g/mol. The third kappa shape index (κ3) is 3.92. The molecule has 2 N–H and O–H groups in total. The number of carbonyl (C=O) groups is 1. The standard InChI is InChI=1S/C27H28N6OS/c1-17-16-35-25(29-17)15-33-22-8-4-3-6-19(22)12-23(33)26-18(2)32-11-9-20(13-24(32)30-26)27(34)31-10-5-7-21(28)14-31/h3-4,6,8-9,11-13,16,21H,5,7,10,14-15,28H2,1-2H3. The number of rotatable bonds is 4. The number of thiazole rings is 1. The van der Waals surface area contributed by atoms with Crippen LogP contribution in [0.2, 0.25) is 0 Å². The second-order valence-corrected chi connectivity index (χ2v) is 10.3. The Morgan fingerprint density at radius 1 is 1.17 bits per heavy atom. The topological polar surface area (TPSA) is 81.5 Å². The monoisotopic (exact) mass is 484 g/mol. The molecule has 1 aromatic carbocycles. The molecule has 1 saturated heterocycles. The van der Waals surface area contributed by atoms with Gasteiger partial charge < -0.3 is 19.6 Å². The first-order valence-electron chi connectivity index (χ1n) is 12.0. The first-order chi connectivity index (χ1) is 17.0. The van der Waals surface area contributed by atoms with Crippen LogP contribution >= 0.6 is 11.3 Å². The number of amides is 1. The van der Waals surface area contributed by atoms with Crippen molar-refractivity contribution in [3.8, 4) is 11.4 Å². The highest BCUT2D eigenvalue weighted by Crippen LogP contribution is 2.32. The fourth-order valence-electron chi connectivity index (χ4n) is 5.11. The molecule has 7 nitrogen and oxygen atoms in total. The van der Waals surface area contributed by atoms with Crippen molar-refractivity contribution in [2.75, 3.05) is 13.1 Å². The normalized spacial score (nSPS) is 16.4. The second-order valence-electron chi connectivity index (χ2n) is 9.40. The Balaban J connectivity index is 1.43. The molecule has 8 heteroatoms. The molecule has 0 aliphatic carbocycles. The number of benzene rings is 1. The van der Waals surface area contributed by atoms with Crippen molar-refractivity contribution < 1.29 is 4.79 Å². The number of piperidine rings is 1. The van der Waals surface area contributed by atoms with Gasteiger partial charge in [0.1, 0.15) is 16.3 Å². The maximum atomic E-state index is 13.2. The number of para-hydroxylation sites is 1. The van der Waals surface area contributed by atoms with Crippen molar-refractivity contribution in [1.82, 2.24) is 23.8 Å². The van der Waals surface area contributed by atoms with E-state index in [9.17, 15) is 4.79 Å². The summed E-state index contributed by atoms with van der Waals surface area (Å²) < 4.78 is 4.35. The number of fused-ring (bicyclic) bond motifs is 2. The van der Waals surface area contributed by atoms with Crippen molar-refractivity contribution in [2.24, 2.45) is 5.73 Å². The molecule has 0 bridgehead atoms. The van der Waals surface area contributed by atoms with Gasteiger partial charge in [0.2, 0.25) is 0 Å². The van der Waals surface area contributed by atoms with Gasteiger partial charge in [-0.05, 0) is 51.0 Å². The van der Waals surface area contributed by atoms with Gasteiger partial charge in [0.25, 0.3) is 5.91 Å². The van der Waals surface area contributed by atoms with Crippen LogP contribution in [0.5, 0.6) is 0 Å². The van der Waals surface area contributed by atoms with Gasteiger partial charge >= 0.3 is 0 Å². The lowest BCUT2D eigenvalue weighted by Crippen LogP contribution is -2.45. The maximum absolute atomic E-state index is 13.2. The Hall–Kier alpha value is -3.49. The average molecular weight is 485 g/mol. The van der Waals surface area contributed by atoms with Gasteiger partial charge in [0, 0.05) is 58.6 Å². The average Bonchev–Trinajstić information content (AvgIpc) is 3.54. The summed E-state index contributed by atoms with van der Waals surface area (Å²) >= 11 is 1.68. The lowest BCUT2D eigenvalue weighted by molar-refractivity contribution is 0.0709. The number of nitrogens with zero attached hydrogens (tertiary/aromatic N) is 5. The van der Waals surface area contributed by atoms with Gasteiger partial charge in [-0.15, -0.1) is 11.3 Å². The fraction of sp³-hybridized carbons (Fsp3) is 0.296. The summed E-state index contributed by atoms with van der Waals surface area (Å²) in [5.74, 6) is 0.0260. The summed E-state index contributed by atoms with van der Waals surface area (Å²) in [7, 11) is 0. The molecule has 35 heavy (non-hydrogen) atoms. The molecular formula is C27H28N6OS. The number of hydrogen-bond acceptors (Lipinski definition) is 5. The molecule has 1 fully saturated rings. The molecule has 6 rings (SSSR count). The molecule has 1 unspecified atom stereocenters. The number of aryl methyl sites for hydroxylation is 2. The Labute approximate surface area is 207 Å². The van der Waals surface area contributed by atoms with E-state index in [2.05, 4.69) is 51.6 Å². The van der Waals surface area contributed by atoms with E-state index in [1.807, 2.05) is 30.2 Å². The highest BCUT2D eigenvalue weighted by molar-refractivity contribution is 7.09. The largest absolute Gasteiger partial charge is 0.337 e. The van der Waals surface area contributed by atoms with Gasteiger partial charge in [-0.25, -0.2) is 9.97 Å². The number of likely N-dealkylation sites (tertiary alicyclic amines) is 1. The van der Waals surface area contributed by atoms with E-state index in [4.69, 9.17) is 15.7 Å². The lowest BCUT2D eigenvalue weighted by atomic mass is 10.1. The minimum Gasteiger partial charge on any atom is -0.337 e. The molecule has 1 atom stereocenters. The summed E-state index contributed by atoms with van der Waals surface area (Å²) in [6.07, 6.45) is 3.88. The molecule has 0 saturated carbocycles. The van der Waals surface area contributed by atoms with E-state index in [0.29, 0.717) is 18.7 Å². The molecule has 1 amide bonds. The minimum absolute atomic E-state index is 0.0260. The highest BCUT2D eigenvalue weighted by Gasteiger charge is 2.24. The summed E-state index contributed by atoms with van der Waals surface area (Å²) in [5.41, 5.74) is 12.7. The third-order valence-corrected chi connectivity index (χ3v) is 7.82. The number of hydrogen-bond donors (Lipinski definition) is 1. The Morgan fingerprint density at radius 2 is 2.03 bits per heavy atom. The Bertz CT molecular complexity index is 1560. The van der Waals surface area contributed by atoms with Gasteiger partial charge in [-0.3, -0.25) is 4.79 Å². The number of pyridine rings is 1. The summed E-state index contributed by atoms with van der Waals surface area (Å²) in [5, 5.41) is 4.33. The fourth-order valence-corrected chi connectivity index (χ4v) is 5.87. The SMILES string of the molecule is Cc1csc(Cn2c(-c3nc4cc(C(=O)N5CCCC(N)C5)ccn4c3C)cc3ccccc32)n1. The summed E-state index contributed by atoms with van der Waals surface area (Å²) in [6.45, 7) is 6.16. The number of nitrogens with two attached hydrogens (primary N) is 1. The van der Waals surface area contributed by atoms with E-state index < -0.39 is 0 Å². The van der Waals surface area contributed by atoms with Crippen LogP contribution in [0.15, 0.2) is 54.0 Å². The van der Waals surface area contributed by atoms with E-state index >= 15 is 0 Å². The van der Waals surface area contributed by atoms with Crippen molar-refractivity contribution in [3.05, 3.63) is 76.0 Å². The number of aromatic nitrogens is 4. The van der Waals surface area contributed by atoms with Crippen LogP contribution < -0.4 is 5.73 Å². The third-order valence-electron chi connectivity index (χ3n) is 6.87. The predicted octanol–water partition coefficient (Wildman–Crippen LogP) is 4.64. The van der Waals surface area contributed by atoms with Crippen LogP contribution in [-0.4, -0.2) is 48.9 Å². The van der Waals surface area contributed by atoms with Crippen molar-refractivity contribution in [3.63, 3.8) is 0 Å². The van der Waals surface area contributed by atoms with Crippen molar-refractivity contribution in [2.45, 2.75) is 39.3 Å². The Kier molecular flexibility index (Phi) is 5.42. The van der Waals surface area contributed by atoms with Crippen LogP contribution in [0.1, 0.15) is 39.6 Å². The molecule has 0 spiro atoms. The summed E-state index contributed by atoms with van der Waals surface area (Å²) in [6, 6.07) is 14.4. The number of imidazole rings is 1. The second kappa shape index (κ2) is 8.62. The van der Waals surface area contributed by atoms with Gasteiger partial charge in [-0.1, -0.05) is 18.2 Å². The van der Waals surface area contributed by atoms with Crippen LogP contribution in [0.25, 0.3) is 27.9 Å². The van der Waals surface area contributed by atoms with Crippen LogP contribution in [-0.2, 0) is 6.54 Å². The van der Waals surface area contributed by atoms with Gasteiger partial charge in [0.15, 0.2) is 0 Å². The zero-order valence-corrected chi connectivity index (χ0v) is 20.8. The number of carbonyl (C=O) groups excluding carboxylic acids is 1. The van der Waals surface area contributed by atoms with Crippen LogP contribution in [0.3, 0.4) is 0 Å². The molecule has 1 aliphatic rings. The van der Waals surface area contributed by atoms with E-state index in [-0.39, 0.29) is 11.9 Å². The van der Waals surface area contributed by atoms with Gasteiger partial charge in [0.05, 0.1) is 12.2 Å². The smallest absolute Gasteiger partial charge is 0.254 e. The summed E-state index contributed by atoms with van der Waals surface area (Å²) in [4.78, 5) is 24.7. The molecule has 5 heterocycles. The minimum atomic E-state index is 0.0260. The zero-order chi connectivity index (χ0) is 24.1. The molecule has 0 radical (unpaired) electrons. The maximum Gasteiger partial charge on any atom is 0.254 e. The highest BCUT2D eigenvalue weighted by atomic mass is 32.1. The van der Waals surface area contributed by atoms with E-state index in [1.54, 1.807) is 11.3 Å². The van der Waals surface area contributed by atoms with Crippen LogP contribution in [0, 0.1) is 13.8 Å². The van der Waals surface area contributed by atoms with E-state index in [1.165, 1.54) is 5.39 Å².